The molecule has 0 aliphatic rings. The van der Waals surface area contributed by atoms with Gasteiger partial charge in [-0.2, -0.15) is 0 Å². The first-order chi connectivity index (χ1) is 41.0. The van der Waals surface area contributed by atoms with Crippen molar-refractivity contribution in [1.29, 1.82) is 0 Å². The van der Waals surface area contributed by atoms with Gasteiger partial charge in [0.15, 0.2) is 6.10 Å². The molecule has 0 amide bonds. The minimum absolute atomic E-state index is 0.0773. The second kappa shape index (κ2) is 70.8. The summed E-state index contributed by atoms with van der Waals surface area (Å²) in [5.41, 5.74) is 0. The van der Waals surface area contributed by atoms with Crippen molar-refractivity contribution in [2.75, 3.05) is 13.2 Å². The molecule has 0 fully saturated rings. The molecule has 0 aromatic heterocycles. The van der Waals surface area contributed by atoms with Gasteiger partial charge in [-0.15, -0.1) is 0 Å². The van der Waals surface area contributed by atoms with Crippen LogP contribution in [0.2, 0.25) is 0 Å². The quantitative estimate of drug-likeness (QED) is 0.0261. The first-order valence-electron chi connectivity index (χ1n) is 35.7. The summed E-state index contributed by atoms with van der Waals surface area (Å²) in [6, 6.07) is 0. The summed E-state index contributed by atoms with van der Waals surface area (Å²) in [7, 11) is 0. The Bertz CT molecular complexity index is 1610. The summed E-state index contributed by atoms with van der Waals surface area (Å²) >= 11 is 0. The largest absolute Gasteiger partial charge is 0.462 e. The molecule has 0 bridgehead atoms. The number of ether oxygens (including phenoxy) is 3. The average Bonchev–Trinajstić information content (AvgIpc) is 3.49. The molecule has 0 rings (SSSR count). The lowest BCUT2D eigenvalue weighted by atomic mass is 10.0. The minimum Gasteiger partial charge on any atom is -0.462 e. The first-order valence-corrected chi connectivity index (χ1v) is 35.7. The zero-order chi connectivity index (χ0) is 59.9. The number of carbonyl (C=O) groups is 3. The fourth-order valence-corrected chi connectivity index (χ4v) is 10.2. The predicted octanol–water partition coefficient (Wildman–Crippen LogP) is 24.8. The smallest absolute Gasteiger partial charge is 0.306 e. The van der Waals surface area contributed by atoms with Crippen molar-refractivity contribution < 1.29 is 28.6 Å². The Balaban J connectivity index is 4.18. The zero-order valence-electron chi connectivity index (χ0n) is 54.9. The molecule has 0 aromatic carbocycles. The van der Waals surface area contributed by atoms with Crippen LogP contribution in [0.25, 0.3) is 0 Å². The van der Waals surface area contributed by atoms with E-state index in [1.165, 1.54) is 205 Å². The van der Waals surface area contributed by atoms with Crippen LogP contribution in [0.3, 0.4) is 0 Å². The number of allylic oxidation sites excluding steroid dienone is 16. The van der Waals surface area contributed by atoms with E-state index in [0.717, 1.165) is 109 Å². The number of hydrogen-bond acceptors (Lipinski definition) is 6. The Morgan fingerprint density at radius 3 is 0.747 bits per heavy atom. The van der Waals surface area contributed by atoms with Crippen LogP contribution in [0.15, 0.2) is 97.2 Å². The van der Waals surface area contributed by atoms with E-state index in [1.54, 1.807) is 0 Å². The molecule has 0 saturated carbocycles. The molecule has 6 nitrogen and oxygen atoms in total. The van der Waals surface area contributed by atoms with Crippen molar-refractivity contribution >= 4 is 17.9 Å². The third-order valence-electron chi connectivity index (χ3n) is 15.6. The summed E-state index contributed by atoms with van der Waals surface area (Å²) < 4.78 is 16.9. The fourth-order valence-electron chi connectivity index (χ4n) is 10.2. The molecular formula is C77H134O6. The van der Waals surface area contributed by atoms with Gasteiger partial charge in [-0.1, -0.05) is 330 Å². The highest BCUT2D eigenvalue weighted by molar-refractivity contribution is 5.71. The number of carbonyl (C=O) groups excluding carboxylic acids is 3. The second-order valence-electron chi connectivity index (χ2n) is 23.8. The Morgan fingerprint density at radius 2 is 0.470 bits per heavy atom. The van der Waals surface area contributed by atoms with Gasteiger partial charge in [0.1, 0.15) is 13.2 Å². The van der Waals surface area contributed by atoms with E-state index in [4.69, 9.17) is 14.2 Å². The van der Waals surface area contributed by atoms with Gasteiger partial charge in [0.25, 0.3) is 0 Å². The molecule has 0 saturated heterocycles. The molecule has 1 unspecified atom stereocenters. The summed E-state index contributed by atoms with van der Waals surface area (Å²) in [5, 5.41) is 0. The van der Waals surface area contributed by atoms with Crippen molar-refractivity contribution in [1.82, 2.24) is 0 Å². The van der Waals surface area contributed by atoms with Crippen LogP contribution in [0.1, 0.15) is 355 Å². The molecule has 0 aromatic rings. The number of rotatable bonds is 65. The van der Waals surface area contributed by atoms with Crippen LogP contribution in [0.4, 0.5) is 0 Å². The normalized spacial score (nSPS) is 12.7. The lowest BCUT2D eigenvalue weighted by molar-refractivity contribution is -0.167. The highest BCUT2D eigenvalue weighted by atomic mass is 16.6. The third kappa shape index (κ3) is 69.0. The van der Waals surface area contributed by atoms with Crippen LogP contribution < -0.4 is 0 Å². The van der Waals surface area contributed by atoms with Gasteiger partial charge in [-0.3, -0.25) is 14.4 Å². The topological polar surface area (TPSA) is 78.9 Å². The predicted molar refractivity (Wildman–Crippen MR) is 362 cm³/mol. The van der Waals surface area contributed by atoms with Gasteiger partial charge >= 0.3 is 17.9 Å². The van der Waals surface area contributed by atoms with Crippen molar-refractivity contribution in [3.63, 3.8) is 0 Å². The first kappa shape index (κ1) is 79.3. The van der Waals surface area contributed by atoms with E-state index in [0.29, 0.717) is 19.3 Å². The van der Waals surface area contributed by atoms with Gasteiger partial charge in [-0.25, -0.2) is 0 Å². The second-order valence-corrected chi connectivity index (χ2v) is 23.8. The molecule has 0 aliphatic heterocycles. The summed E-state index contributed by atoms with van der Waals surface area (Å²) in [6.07, 6.45) is 95.9. The molecule has 83 heavy (non-hydrogen) atoms. The van der Waals surface area contributed by atoms with Crippen LogP contribution >= 0.6 is 0 Å². The maximum absolute atomic E-state index is 12.9. The molecule has 6 heteroatoms. The molecule has 0 N–H and O–H groups in total. The maximum Gasteiger partial charge on any atom is 0.306 e. The van der Waals surface area contributed by atoms with E-state index in [-0.39, 0.29) is 31.1 Å². The van der Waals surface area contributed by atoms with Crippen LogP contribution in [0, 0.1) is 0 Å². The Labute approximate surface area is 515 Å². The van der Waals surface area contributed by atoms with Crippen LogP contribution in [0.5, 0.6) is 0 Å². The van der Waals surface area contributed by atoms with Crippen molar-refractivity contribution in [3.05, 3.63) is 97.2 Å². The zero-order valence-corrected chi connectivity index (χ0v) is 54.9. The standard InChI is InChI=1S/C77H134O6/c1-4-7-10-13-16-19-21-23-25-27-29-31-33-35-37-38-40-41-43-45-47-49-51-53-55-58-61-64-67-70-76(79)82-73-74(72-81-75(78)69-66-63-60-57-18-15-12-9-6-3)83-77(80)71-68-65-62-59-56-54-52-50-48-46-44-42-39-36-34-32-30-28-26-24-22-20-17-14-11-8-5-2/h7,10,16,19,23,25,28-31,35,37,40-41,45,47,74H,4-6,8-9,11-15,17-18,20-22,24,26-27,32-34,36,38-39,42-44,46,48-73H2,1-3H3/b10-7-,19-16-,25-23-,30-28-,31-29-,37-35-,41-40-,47-45-. The van der Waals surface area contributed by atoms with Crippen molar-refractivity contribution in [2.45, 2.75) is 361 Å². The van der Waals surface area contributed by atoms with Crippen molar-refractivity contribution in [2.24, 2.45) is 0 Å². The Hall–Kier alpha value is -3.67. The number of hydrogen-bond donors (Lipinski definition) is 0. The van der Waals surface area contributed by atoms with Gasteiger partial charge in [0.05, 0.1) is 0 Å². The Morgan fingerprint density at radius 1 is 0.253 bits per heavy atom. The maximum atomic E-state index is 12.9. The van der Waals surface area contributed by atoms with E-state index in [9.17, 15) is 14.4 Å². The number of esters is 3. The minimum atomic E-state index is -0.781. The van der Waals surface area contributed by atoms with Crippen LogP contribution in [-0.2, 0) is 28.6 Å². The van der Waals surface area contributed by atoms with Gasteiger partial charge in [0.2, 0.25) is 0 Å². The average molecular weight is 1160 g/mol. The SMILES string of the molecule is CC/C=C\C/C=C\C/C=C\C/C=C\C/C=C\C/C=C\C/C=C\CCCCCCCCCC(=O)OCC(COC(=O)CCCCCCCCCCC)OC(=O)CCCCCCCCCCCCCCCCC/C=C\CCCCCCCCCC. The van der Waals surface area contributed by atoms with E-state index >= 15 is 0 Å². The summed E-state index contributed by atoms with van der Waals surface area (Å²) in [4.78, 5) is 38.3. The molecule has 0 radical (unpaired) electrons. The van der Waals surface area contributed by atoms with E-state index in [1.807, 2.05) is 0 Å². The lowest BCUT2D eigenvalue weighted by Gasteiger charge is -2.18. The molecule has 1 atom stereocenters. The highest BCUT2D eigenvalue weighted by Crippen LogP contribution is 2.17. The third-order valence-corrected chi connectivity index (χ3v) is 15.6. The highest BCUT2D eigenvalue weighted by Gasteiger charge is 2.19. The Kier molecular flexibility index (Phi) is 67.7. The molecule has 478 valence electrons. The molecule has 0 aliphatic carbocycles. The molecular weight excluding hydrogens is 1020 g/mol. The van der Waals surface area contributed by atoms with E-state index in [2.05, 4.69) is 118 Å². The van der Waals surface area contributed by atoms with Gasteiger partial charge in [0, 0.05) is 19.3 Å². The van der Waals surface area contributed by atoms with Crippen LogP contribution in [-0.4, -0.2) is 37.2 Å². The lowest BCUT2D eigenvalue weighted by Crippen LogP contribution is -2.30. The van der Waals surface area contributed by atoms with Gasteiger partial charge in [-0.05, 0) is 103 Å². The monoisotopic (exact) mass is 1160 g/mol. The fraction of sp³-hybridized carbons (Fsp3) is 0.753. The van der Waals surface area contributed by atoms with E-state index < -0.39 is 6.10 Å². The van der Waals surface area contributed by atoms with Gasteiger partial charge < -0.3 is 14.2 Å². The molecule has 0 heterocycles. The summed E-state index contributed by atoms with van der Waals surface area (Å²) in [5.74, 6) is -0.876. The summed E-state index contributed by atoms with van der Waals surface area (Å²) in [6.45, 7) is 6.54. The van der Waals surface area contributed by atoms with Crippen molar-refractivity contribution in [3.8, 4) is 0 Å². The number of unbranched alkanes of at least 4 members (excludes halogenated alkanes) is 38. The molecule has 0 spiro atoms.